The summed E-state index contributed by atoms with van der Waals surface area (Å²) >= 11 is 1.36. The number of thiazole rings is 1. The van der Waals surface area contributed by atoms with Crippen molar-refractivity contribution in [2.24, 2.45) is 0 Å². The number of nitrogens with zero attached hydrogens (tertiary/aromatic N) is 2. The Balaban J connectivity index is 2.06. The van der Waals surface area contributed by atoms with Crippen LogP contribution >= 0.6 is 11.3 Å². The number of hydrogen-bond acceptors (Lipinski definition) is 4. The van der Waals surface area contributed by atoms with E-state index in [0.717, 1.165) is 43.2 Å². The average molecular weight is 282 g/mol. The van der Waals surface area contributed by atoms with E-state index in [1.54, 1.807) is 0 Å². The second-order valence-corrected chi connectivity index (χ2v) is 6.21. The molecule has 0 aliphatic carbocycles. The molecular formula is C14H22N2O2S. The first kappa shape index (κ1) is 14.5. The van der Waals surface area contributed by atoms with Gasteiger partial charge in [-0.05, 0) is 32.4 Å². The molecule has 4 nitrogen and oxygen atoms in total. The van der Waals surface area contributed by atoms with Crippen LogP contribution in [0.1, 0.15) is 59.4 Å². The smallest absolute Gasteiger partial charge is 0.347 e. The van der Waals surface area contributed by atoms with E-state index in [-0.39, 0.29) is 0 Å². The molecule has 0 aromatic carbocycles. The number of carboxylic acid groups (broad SMARTS) is 1. The van der Waals surface area contributed by atoms with Crippen molar-refractivity contribution in [2.75, 3.05) is 13.1 Å². The summed E-state index contributed by atoms with van der Waals surface area (Å²) in [6, 6.07) is 0. The fourth-order valence-corrected chi connectivity index (χ4v) is 3.52. The van der Waals surface area contributed by atoms with Gasteiger partial charge in [-0.25, -0.2) is 9.78 Å². The second-order valence-electron chi connectivity index (χ2n) is 5.13. The van der Waals surface area contributed by atoms with Crippen molar-refractivity contribution in [1.82, 2.24) is 9.88 Å². The summed E-state index contributed by atoms with van der Waals surface area (Å²) in [5, 5.41) is 10.2. The highest BCUT2D eigenvalue weighted by Crippen LogP contribution is 2.22. The molecule has 1 aromatic rings. The molecule has 0 spiro atoms. The van der Waals surface area contributed by atoms with Gasteiger partial charge in [0.15, 0.2) is 0 Å². The average Bonchev–Trinajstić information content (AvgIpc) is 2.59. The molecule has 5 heteroatoms. The fourth-order valence-electron chi connectivity index (χ4n) is 2.53. The van der Waals surface area contributed by atoms with E-state index in [2.05, 4.69) is 16.8 Å². The quantitative estimate of drug-likeness (QED) is 0.901. The highest BCUT2D eigenvalue weighted by molar-refractivity contribution is 7.13. The molecule has 1 N–H and O–H groups in total. The molecule has 1 aliphatic rings. The predicted molar refractivity (Wildman–Crippen MR) is 76.8 cm³/mol. The maximum absolute atomic E-state index is 11.2. The van der Waals surface area contributed by atoms with E-state index in [0.29, 0.717) is 4.88 Å². The summed E-state index contributed by atoms with van der Waals surface area (Å²) in [6.45, 7) is 5.10. The van der Waals surface area contributed by atoms with E-state index in [1.807, 2.05) is 0 Å². The summed E-state index contributed by atoms with van der Waals surface area (Å²) in [4.78, 5) is 18.6. The van der Waals surface area contributed by atoms with Gasteiger partial charge in [0.25, 0.3) is 0 Å². The van der Waals surface area contributed by atoms with E-state index >= 15 is 0 Å². The second kappa shape index (κ2) is 7.01. The standard InChI is InChI=1S/C14H22N2O2S/c1-2-7-11-13(14(17)18)19-12(15-11)10-16-8-5-3-4-6-9-16/h2-10H2,1H3,(H,17,18). The first-order valence-electron chi connectivity index (χ1n) is 7.15. The van der Waals surface area contributed by atoms with Gasteiger partial charge < -0.3 is 5.11 Å². The topological polar surface area (TPSA) is 53.4 Å². The molecular weight excluding hydrogens is 260 g/mol. The highest BCUT2D eigenvalue weighted by atomic mass is 32.1. The number of aryl methyl sites for hydroxylation is 1. The Bertz CT molecular complexity index is 423. The summed E-state index contributed by atoms with van der Waals surface area (Å²) in [5.41, 5.74) is 0.768. The Morgan fingerprint density at radius 3 is 2.58 bits per heavy atom. The minimum atomic E-state index is -0.830. The summed E-state index contributed by atoms with van der Waals surface area (Å²) in [6.07, 6.45) is 6.83. The molecule has 0 bridgehead atoms. The van der Waals surface area contributed by atoms with Crippen molar-refractivity contribution in [3.63, 3.8) is 0 Å². The summed E-state index contributed by atoms with van der Waals surface area (Å²) in [5.74, 6) is -0.830. The molecule has 0 amide bonds. The Labute approximate surface area is 118 Å². The number of carbonyl (C=O) groups is 1. The van der Waals surface area contributed by atoms with Crippen LogP contribution < -0.4 is 0 Å². The van der Waals surface area contributed by atoms with E-state index in [9.17, 15) is 9.90 Å². The van der Waals surface area contributed by atoms with Crippen molar-refractivity contribution < 1.29 is 9.90 Å². The van der Waals surface area contributed by atoms with E-state index < -0.39 is 5.97 Å². The van der Waals surface area contributed by atoms with Crippen LogP contribution in [-0.4, -0.2) is 34.0 Å². The molecule has 0 saturated carbocycles. The van der Waals surface area contributed by atoms with Gasteiger partial charge in [0, 0.05) is 0 Å². The zero-order valence-corrected chi connectivity index (χ0v) is 12.3. The monoisotopic (exact) mass is 282 g/mol. The number of aromatic carboxylic acids is 1. The van der Waals surface area contributed by atoms with Crippen LogP contribution in [0.4, 0.5) is 0 Å². The van der Waals surface area contributed by atoms with Crippen molar-refractivity contribution in [3.8, 4) is 0 Å². The number of aromatic nitrogens is 1. The SMILES string of the molecule is CCCc1nc(CN2CCCCCC2)sc1C(=O)O. The van der Waals surface area contributed by atoms with Crippen LogP contribution in [0, 0.1) is 0 Å². The number of hydrogen-bond donors (Lipinski definition) is 1. The van der Waals surface area contributed by atoms with Crippen LogP contribution in [0.5, 0.6) is 0 Å². The lowest BCUT2D eigenvalue weighted by Crippen LogP contribution is -2.23. The first-order valence-corrected chi connectivity index (χ1v) is 7.96. The third kappa shape index (κ3) is 4.01. The number of rotatable bonds is 5. The van der Waals surface area contributed by atoms with Gasteiger partial charge in [0.05, 0.1) is 12.2 Å². The first-order chi connectivity index (χ1) is 9.20. The van der Waals surface area contributed by atoms with Crippen LogP contribution in [0.15, 0.2) is 0 Å². The van der Waals surface area contributed by atoms with Gasteiger partial charge in [-0.2, -0.15) is 0 Å². The van der Waals surface area contributed by atoms with Gasteiger partial charge in [-0.15, -0.1) is 11.3 Å². The Morgan fingerprint density at radius 1 is 1.32 bits per heavy atom. The minimum Gasteiger partial charge on any atom is -0.477 e. The zero-order valence-electron chi connectivity index (χ0n) is 11.5. The van der Waals surface area contributed by atoms with E-state index in [4.69, 9.17) is 0 Å². The van der Waals surface area contributed by atoms with Crippen molar-refractivity contribution >= 4 is 17.3 Å². The summed E-state index contributed by atoms with van der Waals surface area (Å²) in [7, 11) is 0. The van der Waals surface area contributed by atoms with Crippen LogP contribution in [0.2, 0.25) is 0 Å². The Morgan fingerprint density at radius 2 is 2.00 bits per heavy atom. The number of carboxylic acids is 1. The molecule has 106 valence electrons. The van der Waals surface area contributed by atoms with Gasteiger partial charge in [-0.1, -0.05) is 26.2 Å². The van der Waals surface area contributed by atoms with Crippen LogP contribution in [-0.2, 0) is 13.0 Å². The molecule has 2 rings (SSSR count). The molecule has 0 radical (unpaired) electrons. The van der Waals surface area contributed by atoms with Crippen molar-refractivity contribution in [2.45, 2.75) is 52.0 Å². The minimum absolute atomic E-state index is 0.437. The normalized spacial score (nSPS) is 17.3. The predicted octanol–water partition coefficient (Wildman–Crippen LogP) is 3.17. The molecule has 1 fully saturated rings. The molecule has 0 unspecified atom stereocenters. The third-order valence-corrected chi connectivity index (χ3v) is 4.55. The van der Waals surface area contributed by atoms with Crippen LogP contribution in [0.3, 0.4) is 0 Å². The Kier molecular flexibility index (Phi) is 5.34. The van der Waals surface area contributed by atoms with Crippen molar-refractivity contribution in [1.29, 1.82) is 0 Å². The molecule has 19 heavy (non-hydrogen) atoms. The maximum atomic E-state index is 11.2. The van der Waals surface area contributed by atoms with Gasteiger partial charge in [-0.3, -0.25) is 4.90 Å². The van der Waals surface area contributed by atoms with Gasteiger partial charge >= 0.3 is 5.97 Å². The van der Waals surface area contributed by atoms with Gasteiger partial charge in [0.1, 0.15) is 9.88 Å². The molecule has 1 aromatic heterocycles. The number of likely N-dealkylation sites (tertiary alicyclic amines) is 1. The fraction of sp³-hybridized carbons (Fsp3) is 0.714. The van der Waals surface area contributed by atoms with Gasteiger partial charge in [0.2, 0.25) is 0 Å². The molecule has 1 aliphatic heterocycles. The largest absolute Gasteiger partial charge is 0.477 e. The Hall–Kier alpha value is -0.940. The zero-order chi connectivity index (χ0) is 13.7. The molecule has 2 heterocycles. The lowest BCUT2D eigenvalue weighted by atomic mass is 10.2. The molecule has 0 atom stereocenters. The highest BCUT2D eigenvalue weighted by Gasteiger charge is 2.18. The van der Waals surface area contributed by atoms with Crippen LogP contribution in [0.25, 0.3) is 0 Å². The lowest BCUT2D eigenvalue weighted by molar-refractivity contribution is 0.0700. The molecule has 1 saturated heterocycles. The van der Waals surface area contributed by atoms with Crippen molar-refractivity contribution in [3.05, 3.63) is 15.6 Å². The van der Waals surface area contributed by atoms with E-state index in [1.165, 1.54) is 37.0 Å². The summed E-state index contributed by atoms with van der Waals surface area (Å²) < 4.78 is 0. The third-order valence-electron chi connectivity index (χ3n) is 3.48. The lowest BCUT2D eigenvalue weighted by Gasteiger charge is -2.17. The maximum Gasteiger partial charge on any atom is 0.347 e.